The third kappa shape index (κ3) is 17.7. The van der Waals surface area contributed by atoms with Crippen molar-refractivity contribution in [2.45, 2.75) is 6.92 Å². The molecule has 0 unspecified atom stereocenters. The molecule has 0 spiro atoms. The van der Waals surface area contributed by atoms with Crippen LogP contribution in [0.15, 0.2) is 37.5 Å². The van der Waals surface area contributed by atoms with Crippen LogP contribution in [0.25, 0.3) is 0 Å². The second kappa shape index (κ2) is 11.4. The van der Waals surface area contributed by atoms with Crippen molar-refractivity contribution in [3.63, 3.8) is 0 Å². The fourth-order valence-electron chi connectivity index (χ4n) is 0.162. The molecule has 0 saturated carbocycles. The highest BCUT2D eigenvalue weighted by molar-refractivity contribution is 5.98. The quantitative estimate of drug-likeness (QED) is 0.455. The van der Waals surface area contributed by atoms with Crippen molar-refractivity contribution in [1.29, 1.82) is 0 Å². The molecule has 0 atom stereocenters. The molecule has 0 heterocycles. The van der Waals surface area contributed by atoms with E-state index in [1.165, 1.54) is 18.2 Å². The van der Waals surface area contributed by atoms with Gasteiger partial charge in [0.2, 0.25) is 0 Å². The zero-order valence-electron chi connectivity index (χ0n) is 6.62. The van der Waals surface area contributed by atoms with Gasteiger partial charge in [-0.3, -0.25) is 9.59 Å². The molecule has 0 N–H and O–H groups in total. The van der Waals surface area contributed by atoms with Gasteiger partial charge in [-0.25, -0.2) is 0 Å². The molecule has 0 aromatic carbocycles. The van der Waals surface area contributed by atoms with Crippen molar-refractivity contribution in [1.82, 2.24) is 0 Å². The minimum Gasteiger partial charge on any atom is -0.299 e. The van der Waals surface area contributed by atoms with E-state index in [2.05, 4.69) is 13.2 Å². The molecule has 2 nitrogen and oxygen atoms in total. The lowest BCUT2D eigenvalue weighted by Crippen LogP contribution is -1.78. The number of ketones is 1. The largest absolute Gasteiger partial charge is 0.299 e. The van der Waals surface area contributed by atoms with Crippen molar-refractivity contribution in [3.8, 4) is 0 Å². The minimum atomic E-state index is -0.130. The Morgan fingerprint density at radius 1 is 1.27 bits per heavy atom. The number of carbonyl (C=O) groups excluding carboxylic acids is 2. The Morgan fingerprint density at radius 3 is 1.73 bits per heavy atom. The van der Waals surface area contributed by atoms with Crippen LogP contribution in [0.4, 0.5) is 0 Å². The number of allylic oxidation sites excluding steroid dienone is 4. The van der Waals surface area contributed by atoms with E-state index in [0.717, 1.165) is 6.29 Å². The molecule has 2 heteroatoms. The van der Waals surface area contributed by atoms with E-state index in [0.29, 0.717) is 0 Å². The van der Waals surface area contributed by atoms with Gasteiger partial charge in [-0.1, -0.05) is 19.2 Å². The highest BCUT2D eigenvalue weighted by Gasteiger charge is 1.75. The summed E-state index contributed by atoms with van der Waals surface area (Å²) >= 11 is 0. The molecule has 0 aliphatic carbocycles. The maximum Gasteiger partial charge on any atom is 0.177 e. The van der Waals surface area contributed by atoms with Gasteiger partial charge >= 0.3 is 0 Å². The molecule has 0 radical (unpaired) electrons. The van der Waals surface area contributed by atoms with Gasteiger partial charge in [0.25, 0.3) is 0 Å². The number of rotatable bonds is 3. The van der Waals surface area contributed by atoms with Crippen LogP contribution in [0.3, 0.4) is 0 Å². The smallest absolute Gasteiger partial charge is 0.177 e. The summed E-state index contributed by atoms with van der Waals surface area (Å²) in [5.41, 5.74) is 0. The van der Waals surface area contributed by atoms with E-state index in [4.69, 9.17) is 0 Å². The minimum absolute atomic E-state index is 0.130. The normalized spacial score (nSPS) is 7.73. The SMILES string of the molecule is C/C=C/C=O.C=CC(=O)C=C. The van der Waals surface area contributed by atoms with Crippen LogP contribution >= 0.6 is 0 Å². The Kier molecular flexibility index (Phi) is 12.7. The Balaban J connectivity index is 0. The van der Waals surface area contributed by atoms with E-state index in [-0.39, 0.29) is 5.78 Å². The summed E-state index contributed by atoms with van der Waals surface area (Å²) in [6.45, 7) is 8.22. The molecule has 60 valence electrons. The first kappa shape index (κ1) is 12.3. The summed E-state index contributed by atoms with van der Waals surface area (Å²) in [7, 11) is 0. The van der Waals surface area contributed by atoms with E-state index in [9.17, 15) is 9.59 Å². The summed E-state index contributed by atoms with van der Waals surface area (Å²) < 4.78 is 0. The zero-order chi connectivity index (χ0) is 9.11. The fraction of sp³-hybridized carbons (Fsp3) is 0.111. The third-order valence-electron chi connectivity index (χ3n) is 0.673. The molecule has 0 aliphatic heterocycles. The number of carbonyl (C=O) groups is 2. The highest BCUT2D eigenvalue weighted by atomic mass is 16.1. The van der Waals surface area contributed by atoms with Crippen LogP contribution in [-0.4, -0.2) is 12.1 Å². The number of hydrogen-bond donors (Lipinski definition) is 0. The summed E-state index contributed by atoms with van der Waals surface area (Å²) in [5, 5.41) is 0. The molecule has 0 aromatic heterocycles. The average Bonchev–Trinajstić information content (AvgIpc) is 2.06. The Bertz CT molecular complexity index is 156. The van der Waals surface area contributed by atoms with E-state index in [1.807, 2.05) is 0 Å². The summed E-state index contributed by atoms with van der Waals surface area (Å²) in [6.07, 6.45) is 6.31. The standard InChI is InChI=1S/C5H6O.C4H6O/c1-3-5(6)4-2;1-2-3-4-5/h3-4H,1-2H2;2-4H,1H3/b;3-2+. The molecule has 11 heavy (non-hydrogen) atoms. The molecule has 0 bridgehead atoms. The summed E-state index contributed by atoms with van der Waals surface area (Å²) in [4.78, 5) is 19.3. The third-order valence-corrected chi connectivity index (χ3v) is 0.673. The monoisotopic (exact) mass is 152 g/mol. The Morgan fingerprint density at radius 2 is 1.73 bits per heavy atom. The van der Waals surface area contributed by atoms with Crippen LogP contribution < -0.4 is 0 Å². The van der Waals surface area contributed by atoms with E-state index >= 15 is 0 Å². The maximum absolute atomic E-state index is 9.94. The molecule has 0 aliphatic rings. The fourth-order valence-corrected chi connectivity index (χ4v) is 0.162. The van der Waals surface area contributed by atoms with Gasteiger partial charge in [0.15, 0.2) is 5.78 Å². The van der Waals surface area contributed by atoms with Crippen molar-refractivity contribution in [3.05, 3.63) is 37.5 Å². The second-order valence-corrected chi connectivity index (χ2v) is 1.47. The van der Waals surface area contributed by atoms with Gasteiger partial charge < -0.3 is 0 Å². The van der Waals surface area contributed by atoms with Crippen molar-refractivity contribution in [2.24, 2.45) is 0 Å². The van der Waals surface area contributed by atoms with Crippen molar-refractivity contribution < 1.29 is 9.59 Å². The van der Waals surface area contributed by atoms with Crippen LogP contribution in [0.2, 0.25) is 0 Å². The zero-order valence-corrected chi connectivity index (χ0v) is 6.62. The van der Waals surface area contributed by atoms with Crippen LogP contribution in [0.5, 0.6) is 0 Å². The number of hydrogen-bond acceptors (Lipinski definition) is 2. The average molecular weight is 152 g/mol. The lowest BCUT2D eigenvalue weighted by atomic mass is 10.4. The molecular weight excluding hydrogens is 140 g/mol. The lowest BCUT2D eigenvalue weighted by molar-refractivity contribution is -0.110. The van der Waals surface area contributed by atoms with Crippen LogP contribution in [-0.2, 0) is 9.59 Å². The van der Waals surface area contributed by atoms with Gasteiger partial charge in [0.05, 0.1) is 0 Å². The van der Waals surface area contributed by atoms with Crippen LogP contribution in [0.1, 0.15) is 6.92 Å². The number of aldehydes is 1. The predicted molar refractivity (Wildman–Crippen MR) is 46.3 cm³/mol. The Labute approximate surface area is 66.9 Å². The van der Waals surface area contributed by atoms with Gasteiger partial charge in [-0.2, -0.15) is 0 Å². The molecule has 0 saturated heterocycles. The van der Waals surface area contributed by atoms with Gasteiger partial charge in [0.1, 0.15) is 6.29 Å². The van der Waals surface area contributed by atoms with Gasteiger partial charge in [0, 0.05) is 0 Å². The van der Waals surface area contributed by atoms with Crippen LogP contribution in [0, 0.1) is 0 Å². The first-order valence-corrected chi connectivity index (χ1v) is 3.08. The lowest BCUT2D eigenvalue weighted by Gasteiger charge is -1.68. The summed E-state index contributed by atoms with van der Waals surface area (Å²) in [5.74, 6) is -0.130. The molecule has 0 amide bonds. The molecular formula is C9H12O2. The van der Waals surface area contributed by atoms with Gasteiger partial charge in [-0.15, -0.1) is 0 Å². The second-order valence-electron chi connectivity index (χ2n) is 1.47. The molecule has 0 rings (SSSR count). The van der Waals surface area contributed by atoms with Crippen molar-refractivity contribution in [2.75, 3.05) is 0 Å². The molecule has 0 fully saturated rings. The molecule has 0 aromatic rings. The van der Waals surface area contributed by atoms with E-state index < -0.39 is 0 Å². The van der Waals surface area contributed by atoms with E-state index in [1.54, 1.807) is 13.0 Å². The first-order valence-electron chi connectivity index (χ1n) is 3.08. The highest BCUT2D eigenvalue weighted by Crippen LogP contribution is 1.68. The summed E-state index contributed by atoms with van der Waals surface area (Å²) in [6, 6.07) is 0. The van der Waals surface area contributed by atoms with Gasteiger partial charge in [-0.05, 0) is 25.2 Å². The topological polar surface area (TPSA) is 34.1 Å². The first-order chi connectivity index (χ1) is 5.22. The Hall–Kier alpha value is -1.44. The van der Waals surface area contributed by atoms with Crippen molar-refractivity contribution >= 4 is 12.1 Å². The predicted octanol–water partition coefficient (Wildman–Crippen LogP) is 1.69. The maximum atomic E-state index is 9.94.